The smallest absolute Gasteiger partial charge is 0.253 e. The molecule has 0 fully saturated rings. The first-order chi connectivity index (χ1) is 13.8. The Bertz CT molecular complexity index is 880. The molecule has 0 radical (unpaired) electrons. The number of hydrogen-bond donors (Lipinski definition) is 2. The average Bonchev–Trinajstić information content (AvgIpc) is 2.71. The molecular formula is C22H27N3O4. The number of nitrogens with zero attached hydrogens (tertiary/aromatic N) is 2. The standard InChI is InChI=1S/C22H27N3O4/c1-24(2)22(28)16-6-9-20-19(12-16)25(3)17(14-29-20)13-21(27)23-11-10-15-4-7-18(26)8-5-15/h4-9,12,17,26H,10-11,13-14H2,1-3H3,(H,23,27). The van der Waals surface area contributed by atoms with Crippen molar-refractivity contribution < 1.29 is 19.4 Å². The summed E-state index contributed by atoms with van der Waals surface area (Å²) in [6.07, 6.45) is 0.999. The van der Waals surface area contributed by atoms with Gasteiger partial charge in [0.2, 0.25) is 5.91 Å². The molecule has 2 N–H and O–H groups in total. The van der Waals surface area contributed by atoms with Gasteiger partial charge in [-0.25, -0.2) is 0 Å². The van der Waals surface area contributed by atoms with Gasteiger partial charge in [-0.05, 0) is 42.3 Å². The number of fused-ring (bicyclic) bond motifs is 1. The van der Waals surface area contributed by atoms with Gasteiger partial charge in [-0.1, -0.05) is 12.1 Å². The second-order valence-electron chi connectivity index (χ2n) is 7.43. The minimum Gasteiger partial charge on any atom is -0.508 e. The lowest BCUT2D eigenvalue weighted by Gasteiger charge is -2.35. The number of likely N-dealkylation sites (N-methyl/N-ethyl adjacent to an activating group) is 1. The van der Waals surface area contributed by atoms with Crippen LogP contribution in [-0.2, 0) is 11.2 Å². The number of hydrogen-bond acceptors (Lipinski definition) is 5. The van der Waals surface area contributed by atoms with Crippen molar-refractivity contribution in [2.75, 3.05) is 39.2 Å². The lowest BCUT2D eigenvalue weighted by Crippen LogP contribution is -2.44. The number of rotatable bonds is 6. The number of ether oxygens (including phenoxy) is 1. The summed E-state index contributed by atoms with van der Waals surface area (Å²) in [5.41, 5.74) is 2.45. The van der Waals surface area contributed by atoms with Gasteiger partial charge in [-0.3, -0.25) is 9.59 Å². The first-order valence-electron chi connectivity index (χ1n) is 9.61. The van der Waals surface area contributed by atoms with Gasteiger partial charge in [0.05, 0.1) is 18.2 Å². The van der Waals surface area contributed by atoms with Crippen LogP contribution in [0, 0.1) is 0 Å². The largest absolute Gasteiger partial charge is 0.508 e. The van der Waals surface area contributed by atoms with Crippen LogP contribution in [0.5, 0.6) is 11.5 Å². The monoisotopic (exact) mass is 397 g/mol. The van der Waals surface area contributed by atoms with Crippen molar-refractivity contribution in [1.82, 2.24) is 10.2 Å². The molecule has 1 aliphatic heterocycles. The quantitative estimate of drug-likeness (QED) is 0.780. The Hall–Kier alpha value is -3.22. The zero-order valence-electron chi connectivity index (χ0n) is 17.0. The maximum Gasteiger partial charge on any atom is 0.253 e. The predicted octanol–water partition coefficient (Wildman–Crippen LogP) is 2.04. The third-order valence-electron chi connectivity index (χ3n) is 5.06. The highest BCUT2D eigenvalue weighted by Gasteiger charge is 2.27. The Labute approximate surface area is 170 Å². The van der Waals surface area contributed by atoms with Gasteiger partial charge in [0, 0.05) is 33.3 Å². The fourth-order valence-electron chi connectivity index (χ4n) is 3.29. The Morgan fingerprint density at radius 1 is 1.21 bits per heavy atom. The zero-order chi connectivity index (χ0) is 21.0. The molecule has 0 aromatic heterocycles. The van der Waals surface area contributed by atoms with Crippen LogP contribution in [0.1, 0.15) is 22.3 Å². The number of phenols is 1. The second kappa shape index (κ2) is 8.86. The number of aromatic hydroxyl groups is 1. The van der Waals surface area contributed by atoms with Crippen LogP contribution in [-0.4, -0.2) is 62.2 Å². The van der Waals surface area contributed by atoms with E-state index in [0.29, 0.717) is 37.3 Å². The summed E-state index contributed by atoms with van der Waals surface area (Å²) in [5.74, 6) is 0.823. The molecule has 1 unspecified atom stereocenters. The minimum atomic E-state index is -0.110. The highest BCUT2D eigenvalue weighted by molar-refractivity contribution is 5.95. The van der Waals surface area contributed by atoms with Gasteiger partial charge in [0.15, 0.2) is 0 Å². The third kappa shape index (κ3) is 4.99. The molecule has 0 spiro atoms. The Morgan fingerprint density at radius 2 is 1.93 bits per heavy atom. The normalized spacial score (nSPS) is 15.3. The second-order valence-corrected chi connectivity index (χ2v) is 7.43. The summed E-state index contributed by atoms with van der Waals surface area (Å²) in [4.78, 5) is 28.2. The number of phenolic OH excluding ortho intramolecular Hbond substituents is 1. The molecule has 0 bridgehead atoms. The summed E-state index contributed by atoms with van der Waals surface area (Å²) in [6, 6.07) is 12.2. The van der Waals surface area contributed by atoms with E-state index in [9.17, 15) is 14.7 Å². The van der Waals surface area contributed by atoms with Crippen molar-refractivity contribution in [3.05, 3.63) is 53.6 Å². The van der Waals surface area contributed by atoms with Gasteiger partial charge in [0.1, 0.15) is 18.1 Å². The molecule has 1 heterocycles. The molecule has 3 rings (SSSR count). The summed E-state index contributed by atoms with van der Waals surface area (Å²) in [5, 5.41) is 12.3. The molecule has 7 nitrogen and oxygen atoms in total. The van der Waals surface area contributed by atoms with Crippen molar-refractivity contribution in [2.24, 2.45) is 0 Å². The van der Waals surface area contributed by atoms with Crippen molar-refractivity contribution in [2.45, 2.75) is 18.9 Å². The lowest BCUT2D eigenvalue weighted by molar-refractivity contribution is -0.121. The Kier molecular flexibility index (Phi) is 6.26. The van der Waals surface area contributed by atoms with Gasteiger partial charge in [0.25, 0.3) is 5.91 Å². The Morgan fingerprint density at radius 3 is 2.62 bits per heavy atom. The van der Waals surface area contributed by atoms with E-state index in [1.807, 2.05) is 30.1 Å². The van der Waals surface area contributed by atoms with Crippen molar-refractivity contribution in [3.8, 4) is 11.5 Å². The highest BCUT2D eigenvalue weighted by atomic mass is 16.5. The first kappa shape index (κ1) is 20.5. The molecule has 2 aromatic rings. The van der Waals surface area contributed by atoms with Crippen LogP contribution in [0.3, 0.4) is 0 Å². The fraction of sp³-hybridized carbons (Fsp3) is 0.364. The maximum atomic E-state index is 12.4. The summed E-state index contributed by atoms with van der Waals surface area (Å²) < 4.78 is 5.82. The van der Waals surface area contributed by atoms with Gasteiger partial charge in [-0.2, -0.15) is 0 Å². The number of benzene rings is 2. The summed E-state index contributed by atoms with van der Waals surface area (Å²) in [7, 11) is 5.35. The first-order valence-corrected chi connectivity index (χ1v) is 9.61. The van der Waals surface area contributed by atoms with Gasteiger partial charge >= 0.3 is 0 Å². The molecule has 2 amide bonds. The number of carbonyl (C=O) groups excluding carboxylic acids is 2. The molecule has 1 atom stereocenters. The molecule has 29 heavy (non-hydrogen) atoms. The van der Waals surface area contributed by atoms with E-state index in [4.69, 9.17) is 4.74 Å². The summed E-state index contributed by atoms with van der Waals surface area (Å²) in [6.45, 7) is 0.939. The molecule has 0 aliphatic carbocycles. The van der Waals surface area contributed by atoms with Crippen molar-refractivity contribution in [1.29, 1.82) is 0 Å². The molecule has 0 saturated heterocycles. The number of carbonyl (C=O) groups is 2. The predicted molar refractivity (Wildman–Crippen MR) is 112 cm³/mol. The molecule has 1 aliphatic rings. The zero-order valence-corrected chi connectivity index (χ0v) is 17.0. The summed E-state index contributed by atoms with van der Waals surface area (Å²) >= 11 is 0. The molecule has 2 aromatic carbocycles. The van der Waals surface area contributed by atoms with Crippen LogP contribution >= 0.6 is 0 Å². The molecular weight excluding hydrogens is 370 g/mol. The van der Waals surface area contributed by atoms with Gasteiger partial charge in [-0.15, -0.1) is 0 Å². The molecule has 154 valence electrons. The Balaban J connectivity index is 1.57. The molecule has 7 heteroatoms. The van der Waals surface area contributed by atoms with E-state index in [0.717, 1.165) is 11.3 Å². The van der Waals surface area contributed by atoms with Crippen LogP contribution in [0.25, 0.3) is 0 Å². The van der Waals surface area contributed by atoms with Gasteiger partial charge < -0.3 is 25.0 Å². The topological polar surface area (TPSA) is 82.1 Å². The maximum absolute atomic E-state index is 12.4. The van der Waals surface area contributed by atoms with Crippen molar-refractivity contribution in [3.63, 3.8) is 0 Å². The lowest BCUT2D eigenvalue weighted by atomic mass is 10.1. The van der Waals surface area contributed by atoms with E-state index in [1.54, 1.807) is 38.4 Å². The van der Waals surface area contributed by atoms with Crippen LogP contribution in [0.2, 0.25) is 0 Å². The van der Waals surface area contributed by atoms with Crippen molar-refractivity contribution >= 4 is 17.5 Å². The SMILES string of the molecule is CN(C)C(=O)c1ccc2c(c1)N(C)C(CC(=O)NCCc1ccc(O)cc1)CO2. The molecule has 0 saturated carbocycles. The van der Waals surface area contributed by atoms with E-state index < -0.39 is 0 Å². The fourth-order valence-corrected chi connectivity index (χ4v) is 3.29. The van der Waals surface area contributed by atoms with E-state index >= 15 is 0 Å². The third-order valence-corrected chi connectivity index (χ3v) is 5.06. The van der Waals surface area contributed by atoms with Crippen LogP contribution < -0.4 is 15.0 Å². The van der Waals surface area contributed by atoms with E-state index in [1.165, 1.54) is 4.90 Å². The van der Waals surface area contributed by atoms with E-state index in [-0.39, 0.29) is 23.6 Å². The number of nitrogens with one attached hydrogen (secondary N) is 1. The minimum absolute atomic E-state index is 0.0480. The number of anilines is 1. The number of amides is 2. The van der Waals surface area contributed by atoms with E-state index in [2.05, 4.69) is 5.32 Å². The van der Waals surface area contributed by atoms with Crippen LogP contribution in [0.4, 0.5) is 5.69 Å². The average molecular weight is 397 g/mol. The van der Waals surface area contributed by atoms with Crippen LogP contribution in [0.15, 0.2) is 42.5 Å². The highest BCUT2D eigenvalue weighted by Crippen LogP contribution is 2.34.